The second-order valence-corrected chi connectivity index (χ2v) is 3.99. The quantitative estimate of drug-likeness (QED) is 0.638. The molecule has 80 valence electrons. The van der Waals surface area contributed by atoms with Crippen molar-refractivity contribution in [2.45, 2.75) is 0 Å². The lowest BCUT2D eigenvalue weighted by molar-refractivity contribution is 0.104. The van der Waals surface area contributed by atoms with Crippen molar-refractivity contribution >= 4 is 27.8 Å². The van der Waals surface area contributed by atoms with Gasteiger partial charge in [-0.25, -0.2) is 0 Å². The summed E-state index contributed by atoms with van der Waals surface area (Å²) in [7, 11) is 0. The molecule has 0 radical (unpaired) electrons. The summed E-state index contributed by atoms with van der Waals surface area (Å²) in [6, 6.07) is 6.99. The molecule has 0 atom stereocenters. The van der Waals surface area contributed by atoms with E-state index in [-0.39, 0.29) is 5.78 Å². The van der Waals surface area contributed by atoms with E-state index in [9.17, 15) is 4.79 Å². The molecule has 2 heterocycles. The van der Waals surface area contributed by atoms with E-state index >= 15 is 0 Å². The molecule has 2 aromatic rings. The van der Waals surface area contributed by atoms with Crippen LogP contribution in [0.25, 0.3) is 6.08 Å². The van der Waals surface area contributed by atoms with Gasteiger partial charge in [0.25, 0.3) is 0 Å². The van der Waals surface area contributed by atoms with Crippen LogP contribution in [0.1, 0.15) is 16.2 Å². The van der Waals surface area contributed by atoms with Gasteiger partial charge in [0.1, 0.15) is 11.5 Å². The van der Waals surface area contributed by atoms with E-state index in [4.69, 9.17) is 4.42 Å². The van der Waals surface area contributed by atoms with Gasteiger partial charge in [-0.3, -0.25) is 9.78 Å². The maximum absolute atomic E-state index is 11.7. The highest BCUT2D eigenvalue weighted by molar-refractivity contribution is 9.10. The third-order valence-corrected chi connectivity index (χ3v) is 2.41. The molecule has 4 heteroatoms. The lowest BCUT2D eigenvalue weighted by Gasteiger charge is -1.94. The number of aromatic nitrogens is 1. The van der Waals surface area contributed by atoms with Crippen LogP contribution in [0.3, 0.4) is 0 Å². The molecule has 0 aliphatic carbocycles. The van der Waals surface area contributed by atoms with Gasteiger partial charge in [-0.1, -0.05) is 15.9 Å². The number of ketones is 1. The Bertz CT molecular complexity index is 518. The Morgan fingerprint density at radius 2 is 2.31 bits per heavy atom. The molecule has 0 aromatic carbocycles. The van der Waals surface area contributed by atoms with Crippen LogP contribution in [0.5, 0.6) is 0 Å². The molecule has 0 aliphatic rings. The van der Waals surface area contributed by atoms with Crippen LogP contribution in [0.4, 0.5) is 0 Å². The maximum Gasteiger partial charge on any atom is 0.204 e. The van der Waals surface area contributed by atoms with E-state index in [1.165, 1.54) is 6.08 Å². The van der Waals surface area contributed by atoms with Crippen LogP contribution in [-0.4, -0.2) is 10.8 Å². The van der Waals surface area contributed by atoms with E-state index in [0.717, 1.165) is 4.47 Å². The minimum absolute atomic E-state index is 0.155. The van der Waals surface area contributed by atoms with Gasteiger partial charge < -0.3 is 4.42 Å². The fourth-order valence-corrected chi connectivity index (χ4v) is 1.50. The molecular formula is C12H8BrNO2. The van der Waals surface area contributed by atoms with E-state index in [2.05, 4.69) is 20.9 Å². The van der Waals surface area contributed by atoms with Gasteiger partial charge in [0, 0.05) is 10.7 Å². The van der Waals surface area contributed by atoms with Crippen LogP contribution < -0.4 is 0 Å². The Labute approximate surface area is 101 Å². The standard InChI is InChI=1S/C12H8BrNO2/c13-9-5-6-14-11(8-9)12(15)4-3-10-2-1-7-16-10/h1-8H/b4-3+. The summed E-state index contributed by atoms with van der Waals surface area (Å²) in [4.78, 5) is 15.7. The van der Waals surface area contributed by atoms with Crippen molar-refractivity contribution < 1.29 is 9.21 Å². The number of pyridine rings is 1. The van der Waals surface area contributed by atoms with Crippen LogP contribution in [0.2, 0.25) is 0 Å². The third-order valence-electron chi connectivity index (χ3n) is 1.92. The summed E-state index contributed by atoms with van der Waals surface area (Å²) in [6.07, 6.45) is 6.19. The number of allylic oxidation sites excluding steroid dienone is 1. The number of nitrogens with zero attached hydrogens (tertiary/aromatic N) is 1. The van der Waals surface area contributed by atoms with E-state index in [1.54, 1.807) is 42.8 Å². The van der Waals surface area contributed by atoms with E-state index < -0.39 is 0 Å². The van der Waals surface area contributed by atoms with Crippen molar-refractivity contribution in [2.24, 2.45) is 0 Å². The Balaban J connectivity index is 2.15. The minimum atomic E-state index is -0.155. The van der Waals surface area contributed by atoms with Gasteiger partial charge in [0.2, 0.25) is 5.78 Å². The first-order chi connectivity index (χ1) is 7.75. The van der Waals surface area contributed by atoms with E-state index in [0.29, 0.717) is 11.5 Å². The van der Waals surface area contributed by atoms with Crippen molar-refractivity contribution in [2.75, 3.05) is 0 Å². The number of carbonyl (C=O) groups excluding carboxylic acids is 1. The Hall–Kier alpha value is -1.68. The molecule has 0 N–H and O–H groups in total. The van der Waals surface area contributed by atoms with Gasteiger partial charge in [0.15, 0.2) is 0 Å². The SMILES string of the molecule is O=C(/C=C/c1ccco1)c1cc(Br)ccn1. The van der Waals surface area contributed by atoms with Crippen LogP contribution in [-0.2, 0) is 0 Å². The van der Waals surface area contributed by atoms with E-state index in [1.807, 2.05) is 0 Å². The zero-order valence-corrected chi connectivity index (χ0v) is 9.85. The van der Waals surface area contributed by atoms with Gasteiger partial charge >= 0.3 is 0 Å². The third kappa shape index (κ3) is 2.67. The Kier molecular flexibility index (Phi) is 3.31. The fraction of sp³-hybridized carbons (Fsp3) is 0. The summed E-state index contributed by atoms with van der Waals surface area (Å²) in [5.41, 5.74) is 0.400. The maximum atomic E-state index is 11.7. The zero-order valence-electron chi connectivity index (χ0n) is 8.26. The molecule has 0 aliphatic heterocycles. The van der Waals surface area contributed by atoms with Gasteiger partial charge in [-0.05, 0) is 36.4 Å². The monoisotopic (exact) mass is 277 g/mol. The topological polar surface area (TPSA) is 43.1 Å². The van der Waals surface area contributed by atoms with Crippen molar-refractivity contribution in [3.05, 3.63) is 58.7 Å². The lowest BCUT2D eigenvalue weighted by atomic mass is 10.2. The molecule has 0 saturated heterocycles. The number of furan rings is 1. The predicted octanol–water partition coefficient (Wildman–Crippen LogP) is 3.33. The lowest BCUT2D eigenvalue weighted by Crippen LogP contribution is -1.97. The molecule has 0 unspecified atom stereocenters. The van der Waals surface area contributed by atoms with Crippen LogP contribution >= 0.6 is 15.9 Å². The molecule has 0 bridgehead atoms. The number of hydrogen-bond acceptors (Lipinski definition) is 3. The van der Waals surface area contributed by atoms with Crippen molar-refractivity contribution in [1.82, 2.24) is 4.98 Å². The fourth-order valence-electron chi connectivity index (χ4n) is 1.17. The minimum Gasteiger partial charge on any atom is -0.465 e. The van der Waals surface area contributed by atoms with Crippen molar-refractivity contribution in [3.63, 3.8) is 0 Å². The molecule has 16 heavy (non-hydrogen) atoms. The summed E-state index contributed by atoms with van der Waals surface area (Å²) in [5, 5.41) is 0. The average molecular weight is 278 g/mol. The first kappa shape index (κ1) is 10.8. The van der Waals surface area contributed by atoms with Crippen molar-refractivity contribution in [1.29, 1.82) is 0 Å². The smallest absolute Gasteiger partial charge is 0.204 e. The average Bonchev–Trinajstić information content (AvgIpc) is 2.78. The number of carbonyl (C=O) groups is 1. The Morgan fingerprint density at radius 1 is 1.44 bits per heavy atom. The summed E-state index contributed by atoms with van der Waals surface area (Å²) < 4.78 is 5.91. The molecular weight excluding hydrogens is 270 g/mol. The van der Waals surface area contributed by atoms with Gasteiger partial charge in [-0.15, -0.1) is 0 Å². The highest BCUT2D eigenvalue weighted by atomic mass is 79.9. The highest BCUT2D eigenvalue weighted by Crippen LogP contribution is 2.10. The second kappa shape index (κ2) is 4.90. The molecule has 2 aromatic heterocycles. The first-order valence-electron chi connectivity index (χ1n) is 4.63. The summed E-state index contributed by atoms with van der Waals surface area (Å²) in [6.45, 7) is 0. The molecule has 0 fully saturated rings. The number of rotatable bonds is 3. The number of hydrogen-bond donors (Lipinski definition) is 0. The van der Waals surface area contributed by atoms with Gasteiger partial charge in [0.05, 0.1) is 6.26 Å². The molecule has 0 saturated carbocycles. The molecule has 0 amide bonds. The Morgan fingerprint density at radius 3 is 3.00 bits per heavy atom. The van der Waals surface area contributed by atoms with Crippen molar-refractivity contribution in [3.8, 4) is 0 Å². The largest absolute Gasteiger partial charge is 0.465 e. The molecule has 3 nitrogen and oxygen atoms in total. The molecule has 0 spiro atoms. The predicted molar refractivity (Wildman–Crippen MR) is 64.0 cm³/mol. The van der Waals surface area contributed by atoms with Crippen LogP contribution in [0.15, 0.2) is 51.7 Å². The second-order valence-electron chi connectivity index (χ2n) is 3.07. The van der Waals surface area contributed by atoms with Gasteiger partial charge in [-0.2, -0.15) is 0 Å². The zero-order chi connectivity index (χ0) is 11.4. The normalized spacial score (nSPS) is 10.8. The molecule has 2 rings (SSSR count). The summed E-state index contributed by atoms with van der Waals surface area (Å²) >= 11 is 3.29. The number of halogens is 1. The highest BCUT2D eigenvalue weighted by Gasteiger charge is 2.03. The van der Waals surface area contributed by atoms with Crippen LogP contribution in [0, 0.1) is 0 Å². The first-order valence-corrected chi connectivity index (χ1v) is 5.42. The summed E-state index contributed by atoms with van der Waals surface area (Å²) in [5.74, 6) is 0.487.